The van der Waals surface area contributed by atoms with Crippen LogP contribution in [0.1, 0.15) is 0 Å². The third-order valence-electron chi connectivity index (χ3n) is 4.03. The molecule has 0 aliphatic heterocycles. The quantitative estimate of drug-likeness (QED) is 0.562. The highest BCUT2D eigenvalue weighted by atomic mass is 16.5. The van der Waals surface area contributed by atoms with E-state index in [0.29, 0.717) is 17.6 Å². The Morgan fingerprint density at radius 1 is 0.929 bits per heavy atom. The fourth-order valence-electron chi connectivity index (χ4n) is 2.59. The maximum absolute atomic E-state index is 5.88. The van der Waals surface area contributed by atoms with Crippen molar-refractivity contribution < 1.29 is 9.26 Å². The Labute approximate surface area is 160 Å². The second kappa shape index (κ2) is 7.31. The fourth-order valence-corrected chi connectivity index (χ4v) is 2.59. The monoisotopic (exact) mass is 375 g/mol. The van der Waals surface area contributed by atoms with Crippen LogP contribution in [0.5, 0.6) is 5.75 Å². The molecule has 0 atom stereocenters. The molecule has 9 nitrogen and oxygen atoms in total. The summed E-state index contributed by atoms with van der Waals surface area (Å²) in [5.74, 6) is 1.90. The third kappa shape index (κ3) is 3.45. The van der Waals surface area contributed by atoms with Crippen molar-refractivity contribution in [1.29, 1.82) is 0 Å². The van der Waals surface area contributed by atoms with Crippen molar-refractivity contribution in [2.24, 2.45) is 0 Å². The van der Waals surface area contributed by atoms with Gasteiger partial charge in [0.25, 0.3) is 5.89 Å². The number of methoxy groups -OCH3 is 1. The number of nitrogens with zero attached hydrogens (tertiary/aromatic N) is 6. The molecule has 9 heteroatoms. The second-order valence-corrected chi connectivity index (χ2v) is 5.87. The van der Waals surface area contributed by atoms with Gasteiger partial charge in [-0.05, 0) is 30.3 Å². The molecule has 2 heterocycles. The number of hydrogen-bond donors (Lipinski definition) is 1. The van der Waals surface area contributed by atoms with E-state index in [4.69, 9.17) is 15.0 Å². The van der Waals surface area contributed by atoms with Crippen molar-refractivity contribution in [2.75, 3.05) is 24.8 Å². The van der Waals surface area contributed by atoms with Gasteiger partial charge in [0.05, 0.1) is 7.11 Å². The van der Waals surface area contributed by atoms with Gasteiger partial charge in [-0.15, -0.1) is 0 Å². The lowest BCUT2D eigenvalue weighted by atomic mass is 10.2. The van der Waals surface area contributed by atoms with Crippen LogP contribution in [-0.2, 0) is 0 Å². The van der Waals surface area contributed by atoms with Gasteiger partial charge in [-0.25, -0.2) is 0 Å². The minimum Gasteiger partial charge on any atom is -0.497 e. The van der Waals surface area contributed by atoms with Crippen LogP contribution in [0.25, 0.3) is 23.1 Å². The molecule has 0 fully saturated rings. The molecule has 0 bridgehead atoms. The van der Waals surface area contributed by atoms with Gasteiger partial charge in [0.15, 0.2) is 0 Å². The molecule has 4 rings (SSSR count). The van der Waals surface area contributed by atoms with Gasteiger partial charge in [-0.1, -0.05) is 29.4 Å². The van der Waals surface area contributed by atoms with E-state index < -0.39 is 0 Å². The highest BCUT2D eigenvalue weighted by Gasteiger charge is 2.17. The van der Waals surface area contributed by atoms with Crippen molar-refractivity contribution in [3.8, 4) is 28.9 Å². The van der Waals surface area contributed by atoms with Gasteiger partial charge in [0.2, 0.25) is 23.5 Å². The molecule has 0 aliphatic rings. The van der Waals surface area contributed by atoms with Crippen LogP contribution < -0.4 is 15.4 Å². The van der Waals surface area contributed by atoms with Gasteiger partial charge < -0.3 is 19.9 Å². The van der Waals surface area contributed by atoms with Crippen molar-refractivity contribution in [3.05, 3.63) is 54.6 Å². The van der Waals surface area contributed by atoms with E-state index in [2.05, 4.69) is 25.1 Å². The van der Waals surface area contributed by atoms with E-state index in [-0.39, 0.29) is 17.6 Å². The first-order valence-electron chi connectivity index (χ1n) is 8.43. The highest BCUT2D eigenvalue weighted by Crippen LogP contribution is 2.26. The van der Waals surface area contributed by atoms with Crippen LogP contribution in [0.4, 0.5) is 17.6 Å². The number of anilines is 3. The molecule has 0 spiro atoms. The lowest BCUT2D eigenvalue weighted by molar-refractivity contribution is 0.413. The number of hydrogen-bond acceptors (Lipinski definition) is 9. The van der Waals surface area contributed by atoms with Crippen molar-refractivity contribution in [3.63, 3.8) is 0 Å². The highest BCUT2D eigenvalue weighted by molar-refractivity contribution is 5.61. The number of nitrogen functional groups attached to an aromatic ring is 1. The maximum atomic E-state index is 5.88. The van der Waals surface area contributed by atoms with Crippen LogP contribution in [-0.4, -0.2) is 39.3 Å². The standard InChI is InChI=1S/C19H17N7O2/c1-26(13-8-4-3-5-9-13)19-23-15(22-18(20)24-19)16-21-17(28-25-16)12-7-6-10-14(11-12)27-2/h3-11H,1-2H3,(H2,20,22,23,24). The van der Waals surface area contributed by atoms with Gasteiger partial charge in [0.1, 0.15) is 5.75 Å². The summed E-state index contributed by atoms with van der Waals surface area (Å²) < 4.78 is 10.6. The van der Waals surface area contributed by atoms with Crippen molar-refractivity contribution in [2.45, 2.75) is 0 Å². The second-order valence-electron chi connectivity index (χ2n) is 5.87. The molecule has 2 N–H and O–H groups in total. The Morgan fingerprint density at radius 3 is 2.54 bits per heavy atom. The number of ether oxygens (including phenoxy) is 1. The zero-order valence-electron chi connectivity index (χ0n) is 15.3. The Morgan fingerprint density at radius 2 is 1.75 bits per heavy atom. The molecule has 0 saturated heterocycles. The average molecular weight is 375 g/mol. The molecule has 28 heavy (non-hydrogen) atoms. The summed E-state index contributed by atoms with van der Waals surface area (Å²) in [4.78, 5) is 19.0. The average Bonchev–Trinajstić information content (AvgIpc) is 3.24. The minimum atomic E-state index is 0.0653. The Kier molecular flexibility index (Phi) is 4.55. The zero-order chi connectivity index (χ0) is 19.5. The zero-order valence-corrected chi connectivity index (χ0v) is 15.3. The Bertz CT molecular complexity index is 1100. The molecule has 0 aliphatic carbocycles. The Hall–Kier alpha value is -4.01. The summed E-state index contributed by atoms with van der Waals surface area (Å²) >= 11 is 0. The smallest absolute Gasteiger partial charge is 0.258 e. The first-order valence-corrected chi connectivity index (χ1v) is 8.43. The summed E-state index contributed by atoms with van der Waals surface area (Å²) in [7, 11) is 3.43. The number of aromatic nitrogens is 5. The number of benzene rings is 2. The lowest BCUT2D eigenvalue weighted by Crippen LogP contribution is -2.15. The van der Waals surface area contributed by atoms with Gasteiger partial charge in [0, 0.05) is 18.3 Å². The van der Waals surface area contributed by atoms with E-state index in [0.717, 1.165) is 11.3 Å². The molecular formula is C19H17N7O2. The van der Waals surface area contributed by atoms with Crippen molar-refractivity contribution in [1.82, 2.24) is 25.1 Å². The van der Waals surface area contributed by atoms with Gasteiger partial charge in [-0.2, -0.15) is 19.9 Å². The topological polar surface area (TPSA) is 116 Å². The molecule has 0 amide bonds. The molecule has 2 aromatic heterocycles. The molecular weight excluding hydrogens is 358 g/mol. The minimum absolute atomic E-state index is 0.0653. The van der Waals surface area contributed by atoms with Crippen LogP contribution >= 0.6 is 0 Å². The van der Waals surface area contributed by atoms with E-state index in [1.54, 1.807) is 18.1 Å². The van der Waals surface area contributed by atoms with Crippen LogP contribution in [0.15, 0.2) is 59.1 Å². The predicted molar refractivity (Wildman–Crippen MR) is 104 cm³/mol. The maximum Gasteiger partial charge on any atom is 0.258 e. The Balaban J connectivity index is 1.68. The predicted octanol–water partition coefficient (Wildman–Crippen LogP) is 2.95. The summed E-state index contributed by atoms with van der Waals surface area (Å²) in [5, 5.41) is 3.98. The number of nitrogens with two attached hydrogens (primary N) is 1. The molecule has 0 radical (unpaired) electrons. The SMILES string of the molecule is COc1cccc(-c2nc(-c3nc(N)nc(N(C)c4ccccc4)n3)no2)c1. The van der Waals surface area contributed by atoms with E-state index in [9.17, 15) is 0 Å². The van der Waals surface area contributed by atoms with Crippen LogP contribution in [0.3, 0.4) is 0 Å². The largest absolute Gasteiger partial charge is 0.497 e. The summed E-state index contributed by atoms with van der Waals surface area (Å²) in [6, 6.07) is 17.0. The molecule has 0 unspecified atom stereocenters. The van der Waals surface area contributed by atoms with Gasteiger partial charge >= 0.3 is 0 Å². The number of rotatable bonds is 5. The first-order chi connectivity index (χ1) is 13.6. The van der Waals surface area contributed by atoms with E-state index in [1.807, 2.05) is 55.6 Å². The molecule has 2 aromatic carbocycles. The fraction of sp³-hybridized carbons (Fsp3) is 0.105. The first kappa shape index (κ1) is 17.4. The van der Waals surface area contributed by atoms with E-state index >= 15 is 0 Å². The van der Waals surface area contributed by atoms with Gasteiger partial charge in [-0.3, -0.25) is 0 Å². The number of para-hydroxylation sites is 1. The van der Waals surface area contributed by atoms with E-state index in [1.165, 1.54) is 0 Å². The molecule has 4 aromatic rings. The van der Waals surface area contributed by atoms with Crippen molar-refractivity contribution >= 4 is 17.6 Å². The lowest BCUT2D eigenvalue weighted by Gasteiger charge is -2.17. The summed E-state index contributed by atoms with van der Waals surface area (Å²) in [5.41, 5.74) is 7.51. The molecule has 0 saturated carbocycles. The molecule has 140 valence electrons. The third-order valence-corrected chi connectivity index (χ3v) is 4.03. The van der Waals surface area contributed by atoms with Crippen LogP contribution in [0.2, 0.25) is 0 Å². The summed E-state index contributed by atoms with van der Waals surface area (Å²) in [6.07, 6.45) is 0. The summed E-state index contributed by atoms with van der Waals surface area (Å²) in [6.45, 7) is 0. The van der Waals surface area contributed by atoms with Crippen LogP contribution in [0, 0.1) is 0 Å². The normalized spacial score (nSPS) is 10.6.